The number of nitrogens with zero attached hydrogens (tertiary/aromatic N) is 2. The Hall–Kier alpha value is -3.57. The highest BCUT2D eigenvalue weighted by Crippen LogP contribution is 2.27. The molecule has 0 bridgehead atoms. The standard InChI is InChI=1S/C22H20F2N4O2/c23-21(24)14-26-13-15-3-1-4-16(8-7-15)20-12-19(28-30-20)17-5-2-6-18(11-17)22(29)27-10-9-25/h1-3,5-8,11-12,21,26H,4,10,13-14H2,(H,27,29). The minimum absolute atomic E-state index is 0.0635. The van der Waals surface area contributed by atoms with E-state index in [1.165, 1.54) is 0 Å². The third kappa shape index (κ3) is 5.72. The number of amides is 1. The fourth-order valence-corrected chi connectivity index (χ4v) is 2.90. The van der Waals surface area contributed by atoms with Crippen LogP contribution in [0.1, 0.15) is 22.5 Å². The van der Waals surface area contributed by atoms with Crippen LogP contribution >= 0.6 is 0 Å². The maximum atomic E-state index is 12.3. The Morgan fingerprint density at radius 3 is 2.97 bits per heavy atom. The van der Waals surface area contributed by atoms with Gasteiger partial charge in [-0.15, -0.1) is 0 Å². The molecule has 6 nitrogen and oxygen atoms in total. The first-order chi connectivity index (χ1) is 14.6. The van der Waals surface area contributed by atoms with Crippen LogP contribution in [0.4, 0.5) is 8.78 Å². The molecule has 154 valence electrons. The molecular formula is C22H20F2N4O2. The van der Waals surface area contributed by atoms with Crippen molar-refractivity contribution in [3.05, 3.63) is 71.5 Å². The Bertz CT molecular complexity index is 1030. The highest BCUT2D eigenvalue weighted by molar-refractivity contribution is 5.95. The number of benzene rings is 1. The summed E-state index contributed by atoms with van der Waals surface area (Å²) in [6.07, 6.45) is 5.81. The summed E-state index contributed by atoms with van der Waals surface area (Å²) >= 11 is 0. The van der Waals surface area contributed by atoms with Crippen LogP contribution in [0.15, 0.2) is 64.7 Å². The molecule has 2 N–H and O–H groups in total. The molecule has 1 aliphatic carbocycles. The predicted molar refractivity (Wildman–Crippen MR) is 109 cm³/mol. The third-order valence-electron chi connectivity index (χ3n) is 4.37. The number of rotatable bonds is 8. The number of nitrogens with one attached hydrogen (secondary N) is 2. The first-order valence-electron chi connectivity index (χ1n) is 9.34. The van der Waals surface area contributed by atoms with Crippen molar-refractivity contribution in [3.63, 3.8) is 0 Å². The summed E-state index contributed by atoms with van der Waals surface area (Å²) in [5.74, 6) is 0.254. The van der Waals surface area contributed by atoms with E-state index in [0.29, 0.717) is 35.5 Å². The van der Waals surface area contributed by atoms with Gasteiger partial charge in [0.1, 0.15) is 12.2 Å². The van der Waals surface area contributed by atoms with E-state index in [2.05, 4.69) is 15.8 Å². The number of nitriles is 1. The number of allylic oxidation sites excluding steroid dienone is 4. The molecule has 1 aromatic carbocycles. The van der Waals surface area contributed by atoms with Crippen molar-refractivity contribution < 1.29 is 18.1 Å². The Labute approximate surface area is 172 Å². The zero-order valence-electron chi connectivity index (χ0n) is 16.1. The van der Waals surface area contributed by atoms with Crippen LogP contribution in [0.25, 0.3) is 16.8 Å². The van der Waals surface area contributed by atoms with Crippen LogP contribution in [-0.4, -0.2) is 37.1 Å². The second-order valence-electron chi connectivity index (χ2n) is 6.56. The van der Waals surface area contributed by atoms with Gasteiger partial charge in [-0.3, -0.25) is 4.79 Å². The Kier molecular flexibility index (Phi) is 7.24. The molecule has 0 fully saturated rings. The van der Waals surface area contributed by atoms with Gasteiger partial charge < -0.3 is 15.2 Å². The van der Waals surface area contributed by atoms with Crippen LogP contribution in [-0.2, 0) is 0 Å². The fourth-order valence-electron chi connectivity index (χ4n) is 2.90. The molecule has 30 heavy (non-hydrogen) atoms. The van der Waals surface area contributed by atoms with E-state index in [4.69, 9.17) is 9.78 Å². The summed E-state index contributed by atoms with van der Waals surface area (Å²) in [6.45, 7) is -0.0558. The molecule has 1 heterocycles. The number of halogens is 2. The summed E-state index contributed by atoms with van der Waals surface area (Å²) in [5.41, 5.74) is 3.51. The number of hydrogen-bond donors (Lipinski definition) is 2. The van der Waals surface area contributed by atoms with Gasteiger partial charge in [0.2, 0.25) is 0 Å². The SMILES string of the molecule is N#CCNC(=O)c1cccc(-c2cc(C3=CC=C(CNCC(F)F)C=CC3)on2)c1. The molecule has 0 spiro atoms. The third-order valence-corrected chi connectivity index (χ3v) is 4.37. The van der Waals surface area contributed by atoms with Gasteiger partial charge in [-0.25, -0.2) is 8.78 Å². The lowest BCUT2D eigenvalue weighted by atomic mass is 10.1. The highest BCUT2D eigenvalue weighted by atomic mass is 19.3. The molecule has 0 saturated carbocycles. The number of hydrogen-bond acceptors (Lipinski definition) is 5. The molecule has 3 rings (SSSR count). The van der Waals surface area contributed by atoms with Crippen LogP contribution in [0.2, 0.25) is 0 Å². The van der Waals surface area contributed by atoms with Crippen molar-refractivity contribution in [2.45, 2.75) is 12.8 Å². The molecule has 8 heteroatoms. The van der Waals surface area contributed by atoms with Crippen molar-refractivity contribution in [2.75, 3.05) is 19.6 Å². The minimum atomic E-state index is -2.38. The maximum Gasteiger partial charge on any atom is 0.252 e. The van der Waals surface area contributed by atoms with Gasteiger partial charge in [0, 0.05) is 29.3 Å². The van der Waals surface area contributed by atoms with Crippen molar-refractivity contribution in [1.29, 1.82) is 5.26 Å². The Morgan fingerprint density at radius 2 is 2.17 bits per heavy atom. The van der Waals surface area contributed by atoms with E-state index in [1.807, 2.05) is 36.4 Å². The molecule has 0 radical (unpaired) electrons. The van der Waals surface area contributed by atoms with Crippen molar-refractivity contribution in [1.82, 2.24) is 15.8 Å². The summed E-state index contributed by atoms with van der Waals surface area (Å²) in [5, 5.41) is 17.9. The van der Waals surface area contributed by atoms with Gasteiger partial charge in [0.25, 0.3) is 12.3 Å². The summed E-state index contributed by atoms with van der Waals surface area (Å²) < 4.78 is 30.0. The van der Waals surface area contributed by atoms with Crippen molar-refractivity contribution in [2.24, 2.45) is 0 Å². The average molecular weight is 410 g/mol. The Morgan fingerprint density at radius 1 is 1.30 bits per heavy atom. The maximum absolute atomic E-state index is 12.3. The van der Waals surface area contributed by atoms with Crippen LogP contribution in [0.5, 0.6) is 0 Å². The average Bonchev–Trinajstić information content (AvgIpc) is 3.12. The monoisotopic (exact) mass is 410 g/mol. The van der Waals surface area contributed by atoms with E-state index in [9.17, 15) is 13.6 Å². The zero-order chi connectivity index (χ0) is 21.3. The molecule has 0 atom stereocenters. The molecular weight excluding hydrogens is 390 g/mol. The van der Waals surface area contributed by atoms with E-state index in [0.717, 1.165) is 11.1 Å². The smallest absolute Gasteiger partial charge is 0.252 e. The van der Waals surface area contributed by atoms with E-state index < -0.39 is 6.43 Å². The molecule has 1 aromatic heterocycles. The summed E-state index contributed by atoms with van der Waals surface area (Å²) in [7, 11) is 0. The van der Waals surface area contributed by atoms with Crippen LogP contribution in [0.3, 0.4) is 0 Å². The normalized spacial score (nSPS) is 13.4. The highest BCUT2D eigenvalue weighted by Gasteiger charge is 2.13. The van der Waals surface area contributed by atoms with Gasteiger partial charge in [0.05, 0.1) is 12.6 Å². The van der Waals surface area contributed by atoms with Crippen molar-refractivity contribution in [3.8, 4) is 17.3 Å². The lowest BCUT2D eigenvalue weighted by molar-refractivity contribution is 0.0958. The fraction of sp³-hybridized carbons (Fsp3) is 0.227. The topological polar surface area (TPSA) is 91.0 Å². The van der Waals surface area contributed by atoms with Crippen LogP contribution < -0.4 is 10.6 Å². The molecule has 1 amide bonds. The second kappa shape index (κ2) is 10.3. The zero-order valence-corrected chi connectivity index (χ0v) is 16.1. The molecule has 0 aliphatic heterocycles. The number of alkyl halides is 2. The quantitative estimate of drug-likeness (QED) is 0.648. The second-order valence-corrected chi connectivity index (χ2v) is 6.56. The van der Waals surface area contributed by atoms with E-state index in [1.54, 1.807) is 24.3 Å². The molecule has 1 aliphatic rings. The van der Waals surface area contributed by atoms with E-state index >= 15 is 0 Å². The first kappa shape index (κ1) is 21.1. The lowest BCUT2D eigenvalue weighted by Gasteiger charge is -2.03. The van der Waals surface area contributed by atoms with Gasteiger partial charge in [0.15, 0.2) is 5.76 Å². The molecule has 0 unspecified atom stereocenters. The number of aromatic nitrogens is 1. The van der Waals surface area contributed by atoms with Gasteiger partial charge in [-0.05, 0) is 24.1 Å². The van der Waals surface area contributed by atoms with E-state index in [-0.39, 0.29) is 19.0 Å². The molecule has 0 saturated heterocycles. The van der Waals surface area contributed by atoms with Gasteiger partial charge in [-0.2, -0.15) is 5.26 Å². The largest absolute Gasteiger partial charge is 0.356 e. The minimum Gasteiger partial charge on any atom is -0.356 e. The van der Waals surface area contributed by atoms with Gasteiger partial charge in [-0.1, -0.05) is 41.6 Å². The van der Waals surface area contributed by atoms with Crippen molar-refractivity contribution >= 4 is 11.5 Å². The first-order valence-corrected chi connectivity index (χ1v) is 9.34. The molecule has 2 aromatic rings. The lowest BCUT2D eigenvalue weighted by Crippen LogP contribution is -2.23. The van der Waals surface area contributed by atoms with Crippen LogP contribution in [0, 0.1) is 11.3 Å². The summed E-state index contributed by atoms with van der Waals surface area (Å²) in [6, 6.07) is 10.5. The Balaban J connectivity index is 1.73. The predicted octanol–water partition coefficient (Wildman–Crippen LogP) is 3.72. The summed E-state index contributed by atoms with van der Waals surface area (Å²) in [4.78, 5) is 12.0. The number of carbonyl (C=O) groups excluding carboxylic acids is 1. The van der Waals surface area contributed by atoms with Gasteiger partial charge >= 0.3 is 0 Å². The number of carbonyl (C=O) groups is 1.